The molecule has 0 aliphatic carbocycles. The number of hydrogen-bond acceptors (Lipinski definition) is 4. The predicted molar refractivity (Wildman–Crippen MR) is 68.8 cm³/mol. The van der Waals surface area contributed by atoms with Crippen molar-refractivity contribution in [3.63, 3.8) is 0 Å². The van der Waals surface area contributed by atoms with Crippen molar-refractivity contribution in [2.75, 3.05) is 19.6 Å². The molecule has 4 heteroatoms. The normalized spacial score (nSPS) is 21.8. The highest BCUT2D eigenvalue weighted by Crippen LogP contribution is 2.18. The minimum atomic E-state index is 0.702. The zero-order valence-electron chi connectivity index (χ0n) is 10.2. The predicted octanol–water partition coefficient (Wildman–Crippen LogP) is 2.03. The highest BCUT2D eigenvalue weighted by molar-refractivity contribution is 7.09. The Morgan fingerprint density at radius 1 is 1.62 bits per heavy atom. The van der Waals surface area contributed by atoms with Crippen LogP contribution in [-0.4, -0.2) is 35.6 Å². The van der Waals surface area contributed by atoms with Crippen molar-refractivity contribution >= 4 is 11.3 Å². The molecule has 0 bridgehead atoms. The molecule has 1 N–H and O–H groups in total. The molecule has 1 fully saturated rings. The third-order valence-corrected chi connectivity index (χ3v) is 4.09. The zero-order valence-corrected chi connectivity index (χ0v) is 11.0. The largest absolute Gasteiger partial charge is 0.313 e. The summed E-state index contributed by atoms with van der Waals surface area (Å²) in [5.74, 6) is 0. The number of thiazole rings is 1. The van der Waals surface area contributed by atoms with Crippen LogP contribution in [0.4, 0.5) is 0 Å². The Morgan fingerprint density at radius 2 is 2.50 bits per heavy atom. The van der Waals surface area contributed by atoms with Gasteiger partial charge in [0.25, 0.3) is 0 Å². The number of aryl methyl sites for hydroxylation is 1. The molecule has 16 heavy (non-hydrogen) atoms. The number of rotatable bonds is 5. The Morgan fingerprint density at radius 3 is 3.19 bits per heavy atom. The summed E-state index contributed by atoms with van der Waals surface area (Å²) in [6.45, 7) is 8.98. The lowest BCUT2D eigenvalue weighted by Gasteiger charge is -2.15. The Labute approximate surface area is 102 Å². The lowest BCUT2D eigenvalue weighted by Crippen LogP contribution is -2.32. The Kier molecular flexibility index (Phi) is 4.32. The van der Waals surface area contributed by atoms with E-state index >= 15 is 0 Å². The van der Waals surface area contributed by atoms with Gasteiger partial charge in [0.2, 0.25) is 0 Å². The average molecular weight is 239 g/mol. The van der Waals surface area contributed by atoms with Gasteiger partial charge in [0.05, 0.1) is 11.2 Å². The van der Waals surface area contributed by atoms with Crippen LogP contribution in [0.25, 0.3) is 0 Å². The van der Waals surface area contributed by atoms with Crippen molar-refractivity contribution in [2.24, 2.45) is 0 Å². The van der Waals surface area contributed by atoms with Gasteiger partial charge in [-0.3, -0.25) is 4.90 Å². The average Bonchev–Trinajstić information content (AvgIpc) is 2.87. The molecule has 2 rings (SSSR count). The summed E-state index contributed by atoms with van der Waals surface area (Å²) >= 11 is 1.78. The quantitative estimate of drug-likeness (QED) is 0.852. The van der Waals surface area contributed by atoms with Gasteiger partial charge in [-0.15, -0.1) is 11.3 Å². The van der Waals surface area contributed by atoms with Gasteiger partial charge in [0, 0.05) is 30.6 Å². The van der Waals surface area contributed by atoms with Crippen molar-refractivity contribution in [3.8, 4) is 0 Å². The maximum absolute atomic E-state index is 4.30. The van der Waals surface area contributed by atoms with Crippen LogP contribution < -0.4 is 5.32 Å². The molecule has 0 amide bonds. The SMILES string of the molecule is CCCNC1CCN(Cc2scnc2C)C1. The van der Waals surface area contributed by atoms with Crippen molar-refractivity contribution in [3.05, 3.63) is 16.1 Å². The molecule has 1 saturated heterocycles. The Balaban J connectivity index is 1.79. The third-order valence-electron chi connectivity index (χ3n) is 3.17. The molecule has 3 nitrogen and oxygen atoms in total. The summed E-state index contributed by atoms with van der Waals surface area (Å²) in [5, 5.41) is 3.60. The van der Waals surface area contributed by atoms with Gasteiger partial charge >= 0.3 is 0 Å². The van der Waals surface area contributed by atoms with E-state index in [9.17, 15) is 0 Å². The number of hydrogen-bond donors (Lipinski definition) is 1. The molecular weight excluding hydrogens is 218 g/mol. The van der Waals surface area contributed by atoms with Crippen molar-refractivity contribution < 1.29 is 0 Å². The van der Waals surface area contributed by atoms with Crippen LogP contribution >= 0.6 is 11.3 Å². The first-order valence-electron chi connectivity index (χ1n) is 6.14. The van der Waals surface area contributed by atoms with E-state index < -0.39 is 0 Å². The van der Waals surface area contributed by atoms with Gasteiger partial charge in [-0.25, -0.2) is 4.98 Å². The van der Waals surface area contributed by atoms with Crippen LogP contribution in [0.1, 0.15) is 30.3 Å². The molecule has 0 aromatic carbocycles. The molecule has 0 spiro atoms. The second-order valence-corrected chi connectivity index (χ2v) is 5.48. The van der Waals surface area contributed by atoms with Gasteiger partial charge < -0.3 is 5.32 Å². The molecule has 1 aliphatic rings. The van der Waals surface area contributed by atoms with Crippen molar-refractivity contribution in [1.29, 1.82) is 0 Å². The summed E-state index contributed by atoms with van der Waals surface area (Å²) in [7, 11) is 0. The molecule has 0 saturated carbocycles. The first-order chi connectivity index (χ1) is 7.79. The van der Waals surface area contributed by atoms with E-state index in [4.69, 9.17) is 0 Å². The highest BCUT2D eigenvalue weighted by atomic mass is 32.1. The number of nitrogens with zero attached hydrogens (tertiary/aromatic N) is 2. The van der Waals surface area contributed by atoms with Gasteiger partial charge in [0.1, 0.15) is 0 Å². The minimum absolute atomic E-state index is 0.702. The van der Waals surface area contributed by atoms with Crippen LogP contribution in [0, 0.1) is 6.92 Å². The van der Waals surface area contributed by atoms with E-state index in [0.717, 1.165) is 13.1 Å². The second kappa shape index (κ2) is 5.75. The minimum Gasteiger partial charge on any atom is -0.313 e. The number of likely N-dealkylation sites (tertiary alicyclic amines) is 1. The Hall–Kier alpha value is -0.450. The van der Waals surface area contributed by atoms with Crippen LogP contribution in [0.15, 0.2) is 5.51 Å². The van der Waals surface area contributed by atoms with Crippen molar-refractivity contribution in [2.45, 2.75) is 39.3 Å². The molecular formula is C12H21N3S. The molecule has 1 aliphatic heterocycles. The Bertz CT molecular complexity index is 324. The van der Waals surface area contributed by atoms with Crippen LogP contribution in [0.3, 0.4) is 0 Å². The van der Waals surface area contributed by atoms with E-state index in [2.05, 4.69) is 29.0 Å². The lowest BCUT2D eigenvalue weighted by molar-refractivity contribution is 0.322. The maximum atomic E-state index is 4.30. The first-order valence-corrected chi connectivity index (χ1v) is 7.02. The molecule has 1 aromatic heterocycles. The second-order valence-electron chi connectivity index (χ2n) is 4.54. The van der Waals surface area contributed by atoms with Crippen molar-refractivity contribution in [1.82, 2.24) is 15.2 Å². The van der Waals surface area contributed by atoms with E-state index in [1.807, 2.05) is 5.51 Å². The smallest absolute Gasteiger partial charge is 0.0798 e. The molecule has 1 aromatic rings. The molecule has 1 unspecified atom stereocenters. The van der Waals surface area contributed by atoms with E-state index in [-0.39, 0.29) is 0 Å². The fourth-order valence-corrected chi connectivity index (χ4v) is 2.99. The number of nitrogens with one attached hydrogen (secondary N) is 1. The summed E-state index contributed by atoms with van der Waals surface area (Å²) in [6, 6.07) is 0.702. The lowest BCUT2D eigenvalue weighted by atomic mass is 10.2. The fraction of sp³-hybridized carbons (Fsp3) is 0.750. The fourth-order valence-electron chi connectivity index (χ4n) is 2.17. The standard InChI is InChI=1S/C12H21N3S/c1-3-5-13-11-4-6-15(7-11)8-12-10(2)14-9-16-12/h9,11,13H,3-8H2,1-2H3. The van der Waals surface area contributed by atoms with Crippen LogP contribution in [0.2, 0.25) is 0 Å². The van der Waals surface area contributed by atoms with Gasteiger partial charge in [-0.05, 0) is 26.3 Å². The molecule has 1 atom stereocenters. The van der Waals surface area contributed by atoms with Gasteiger partial charge in [0.15, 0.2) is 0 Å². The summed E-state index contributed by atoms with van der Waals surface area (Å²) in [4.78, 5) is 8.27. The maximum Gasteiger partial charge on any atom is 0.0798 e. The highest BCUT2D eigenvalue weighted by Gasteiger charge is 2.22. The zero-order chi connectivity index (χ0) is 11.4. The van der Waals surface area contributed by atoms with E-state index in [0.29, 0.717) is 6.04 Å². The van der Waals surface area contributed by atoms with Crippen LogP contribution in [-0.2, 0) is 6.54 Å². The van der Waals surface area contributed by atoms with Gasteiger partial charge in [-0.1, -0.05) is 6.92 Å². The first kappa shape index (κ1) is 12.0. The van der Waals surface area contributed by atoms with Gasteiger partial charge in [-0.2, -0.15) is 0 Å². The van der Waals surface area contributed by atoms with Crippen LogP contribution in [0.5, 0.6) is 0 Å². The molecule has 90 valence electrons. The molecule has 0 radical (unpaired) electrons. The monoisotopic (exact) mass is 239 g/mol. The summed E-state index contributed by atoms with van der Waals surface area (Å²) < 4.78 is 0. The number of aromatic nitrogens is 1. The summed E-state index contributed by atoms with van der Waals surface area (Å²) in [6.07, 6.45) is 2.52. The third kappa shape index (κ3) is 3.03. The van der Waals surface area contributed by atoms with E-state index in [1.54, 1.807) is 11.3 Å². The van der Waals surface area contributed by atoms with E-state index in [1.165, 1.54) is 36.5 Å². The topological polar surface area (TPSA) is 28.2 Å². The molecule has 2 heterocycles. The summed E-state index contributed by atoms with van der Waals surface area (Å²) in [5.41, 5.74) is 3.16.